The van der Waals surface area contributed by atoms with Crippen molar-refractivity contribution >= 4 is 11.6 Å². The highest BCUT2D eigenvalue weighted by Gasteiger charge is 2.26. The molecule has 0 aliphatic carbocycles. The van der Waals surface area contributed by atoms with Crippen LogP contribution in [0.15, 0.2) is 30.3 Å². The predicted octanol–water partition coefficient (Wildman–Crippen LogP) is 2.74. The number of nitrogens with zero attached hydrogens (tertiary/aromatic N) is 4. The number of aliphatic hydroxyl groups excluding tert-OH is 1. The van der Waals surface area contributed by atoms with E-state index in [0.717, 1.165) is 55.1 Å². The van der Waals surface area contributed by atoms with E-state index in [1.165, 1.54) is 0 Å². The van der Waals surface area contributed by atoms with Crippen LogP contribution in [-0.2, 0) is 11.8 Å². The van der Waals surface area contributed by atoms with Crippen LogP contribution < -0.4 is 5.32 Å². The fraction of sp³-hybridized carbons (Fsp3) is 0.583. The van der Waals surface area contributed by atoms with Crippen molar-refractivity contribution in [2.24, 2.45) is 13.0 Å². The first-order valence-electron chi connectivity index (χ1n) is 11.2. The second-order valence-electron chi connectivity index (χ2n) is 8.94. The molecule has 1 aliphatic heterocycles. The number of carbonyl (C=O) groups excluding carboxylic acids is 1. The van der Waals surface area contributed by atoms with Crippen LogP contribution in [0.2, 0.25) is 0 Å². The van der Waals surface area contributed by atoms with Crippen LogP contribution in [-0.4, -0.2) is 69.9 Å². The molecule has 0 spiro atoms. The summed E-state index contributed by atoms with van der Waals surface area (Å²) >= 11 is 0. The van der Waals surface area contributed by atoms with E-state index in [0.29, 0.717) is 12.5 Å². The second kappa shape index (κ2) is 10.4. The number of benzene rings is 1. The maximum atomic E-state index is 12.8. The Bertz CT molecular complexity index is 858. The number of aryl methyl sites for hydroxylation is 2. The first kappa shape index (κ1) is 23.4. The van der Waals surface area contributed by atoms with Gasteiger partial charge < -0.3 is 15.3 Å². The summed E-state index contributed by atoms with van der Waals surface area (Å²) in [7, 11) is 3.91. The van der Waals surface area contributed by atoms with Crippen molar-refractivity contribution in [1.82, 2.24) is 19.6 Å². The highest BCUT2D eigenvalue weighted by atomic mass is 16.3. The van der Waals surface area contributed by atoms with Gasteiger partial charge in [-0.15, -0.1) is 0 Å². The minimum absolute atomic E-state index is 0.00474. The van der Waals surface area contributed by atoms with Gasteiger partial charge in [0.25, 0.3) is 0 Å². The number of nitrogens with one attached hydrogen (secondary N) is 1. The van der Waals surface area contributed by atoms with E-state index in [1.807, 2.05) is 65.2 Å². The molecule has 7 heteroatoms. The van der Waals surface area contributed by atoms with E-state index in [9.17, 15) is 9.90 Å². The molecular weight excluding hydrogens is 390 g/mol. The Morgan fingerprint density at radius 2 is 1.90 bits per heavy atom. The molecule has 2 aromatic rings. The van der Waals surface area contributed by atoms with Crippen molar-refractivity contribution in [2.45, 2.75) is 45.8 Å². The molecule has 3 rings (SSSR count). The molecule has 2 unspecified atom stereocenters. The van der Waals surface area contributed by atoms with Crippen molar-refractivity contribution in [3.8, 4) is 0 Å². The van der Waals surface area contributed by atoms with Gasteiger partial charge in [-0.1, -0.05) is 30.3 Å². The lowest BCUT2D eigenvalue weighted by molar-refractivity contribution is -0.120. The average Bonchev–Trinajstić information content (AvgIpc) is 3.00. The summed E-state index contributed by atoms with van der Waals surface area (Å²) in [6.45, 7) is 9.38. The van der Waals surface area contributed by atoms with Gasteiger partial charge in [-0.25, -0.2) is 0 Å². The molecule has 1 aromatic carbocycles. The number of carbonyl (C=O) groups is 1. The van der Waals surface area contributed by atoms with Crippen molar-refractivity contribution in [2.75, 3.05) is 38.5 Å². The van der Waals surface area contributed by atoms with E-state index in [1.54, 1.807) is 4.68 Å². The van der Waals surface area contributed by atoms with Gasteiger partial charge in [0.05, 0.1) is 29.2 Å². The quantitative estimate of drug-likeness (QED) is 0.678. The zero-order valence-electron chi connectivity index (χ0n) is 19.5. The molecule has 1 amide bonds. The van der Waals surface area contributed by atoms with E-state index < -0.39 is 6.10 Å². The minimum atomic E-state index is -0.441. The largest absolute Gasteiger partial charge is 0.387 e. The van der Waals surface area contributed by atoms with Crippen LogP contribution in [0.5, 0.6) is 0 Å². The molecule has 1 fully saturated rings. The predicted molar refractivity (Wildman–Crippen MR) is 124 cm³/mol. The standard InChI is InChI=1S/C24H37N5O2/c1-17-23(18(2)28(5)26-17)25-24(31)19(3)27(4)15-20-11-13-29(14-12-20)16-22(30)21-9-7-6-8-10-21/h6-10,19-20,22,30H,11-16H2,1-5H3,(H,25,31). The number of β-amino-alcohol motifs (C(OH)–C–C–N with tert-alkyl or cyclic N) is 1. The summed E-state index contributed by atoms with van der Waals surface area (Å²) in [6, 6.07) is 9.65. The number of hydrogen-bond donors (Lipinski definition) is 2. The SMILES string of the molecule is Cc1nn(C)c(C)c1NC(=O)C(C)N(C)CC1CCN(CC(O)c2ccccc2)CC1. The Kier molecular flexibility index (Phi) is 7.86. The lowest BCUT2D eigenvalue weighted by Gasteiger charge is -2.36. The summed E-state index contributed by atoms with van der Waals surface area (Å²) in [4.78, 5) is 17.3. The Morgan fingerprint density at radius 3 is 2.48 bits per heavy atom. The van der Waals surface area contributed by atoms with E-state index in [4.69, 9.17) is 0 Å². The van der Waals surface area contributed by atoms with Crippen LogP contribution in [0.1, 0.15) is 42.8 Å². The molecule has 31 heavy (non-hydrogen) atoms. The number of aromatic nitrogens is 2. The zero-order valence-corrected chi connectivity index (χ0v) is 19.5. The lowest BCUT2D eigenvalue weighted by Crippen LogP contribution is -2.44. The molecule has 0 radical (unpaired) electrons. The van der Waals surface area contributed by atoms with Crippen LogP contribution in [0.4, 0.5) is 5.69 Å². The Labute approximate surface area is 186 Å². The number of aliphatic hydroxyl groups is 1. The average molecular weight is 428 g/mol. The number of anilines is 1. The Morgan fingerprint density at radius 1 is 1.26 bits per heavy atom. The van der Waals surface area contributed by atoms with Gasteiger partial charge in [0.1, 0.15) is 0 Å². The van der Waals surface area contributed by atoms with Crippen molar-refractivity contribution in [1.29, 1.82) is 0 Å². The highest BCUT2D eigenvalue weighted by molar-refractivity contribution is 5.95. The summed E-state index contributed by atoms with van der Waals surface area (Å²) in [5, 5.41) is 17.9. The first-order valence-corrected chi connectivity index (χ1v) is 11.2. The molecular formula is C24H37N5O2. The number of amides is 1. The third kappa shape index (κ3) is 5.93. The van der Waals surface area contributed by atoms with Gasteiger partial charge in [-0.05, 0) is 65.2 Å². The molecule has 1 aliphatic rings. The number of hydrogen-bond acceptors (Lipinski definition) is 5. The third-order valence-corrected chi connectivity index (χ3v) is 6.67. The Hall–Kier alpha value is -2.22. The van der Waals surface area contributed by atoms with Crippen LogP contribution in [0.25, 0.3) is 0 Å². The fourth-order valence-electron chi connectivity index (χ4n) is 4.32. The van der Waals surface area contributed by atoms with Gasteiger partial charge in [0.2, 0.25) is 5.91 Å². The number of piperidine rings is 1. The number of likely N-dealkylation sites (tertiary alicyclic amines) is 1. The summed E-state index contributed by atoms with van der Waals surface area (Å²) in [5.41, 5.74) is 3.60. The summed E-state index contributed by atoms with van der Waals surface area (Å²) in [6.07, 6.45) is 1.73. The fourth-order valence-corrected chi connectivity index (χ4v) is 4.32. The summed E-state index contributed by atoms with van der Waals surface area (Å²) < 4.78 is 1.79. The number of likely N-dealkylation sites (N-methyl/N-ethyl adjacent to an activating group) is 1. The van der Waals surface area contributed by atoms with Crippen molar-refractivity contribution in [3.63, 3.8) is 0 Å². The van der Waals surface area contributed by atoms with Gasteiger partial charge >= 0.3 is 0 Å². The molecule has 0 saturated carbocycles. The van der Waals surface area contributed by atoms with Gasteiger partial charge in [0, 0.05) is 20.1 Å². The van der Waals surface area contributed by atoms with Crippen LogP contribution >= 0.6 is 0 Å². The first-order chi connectivity index (χ1) is 14.8. The highest BCUT2D eigenvalue weighted by Crippen LogP contribution is 2.23. The smallest absolute Gasteiger partial charge is 0.241 e. The molecule has 1 saturated heterocycles. The van der Waals surface area contributed by atoms with Crippen molar-refractivity contribution < 1.29 is 9.90 Å². The topological polar surface area (TPSA) is 73.6 Å². The molecule has 2 atom stereocenters. The monoisotopic (exact) mass is 427 g/mol. The lowest BCUT2D eigenvalue weighted by atomic mass is 9.95. The van der Waals surface area contributed by atoms with Crippen molar-refractivity contribution in [3.05, 3.63) is 47.3 Å². The third-order valence-electron chi connectivity index (χ3n) is 6.67. The molecule has 2 heterocycles. The van der Waals surface area contributed by atoms with Gasteiger partial charge in [-0.2, -0.15) is 5.10 Å². The van der Waals surface area contributed by atoms with E-state index in [-0.39, 0.29) is 11.9 Å². The maximum Gasteiger partial charge on any atom is 0.241 e. The molecule has 1 aromatic heterocycles. The van der Waals surface area contributed by atoms with Crippen LogP contribution in [0.3, 0.4) is 0 Å². The molecule has 170 valence electrons. The number of rotatable bonds is 8. The maximum absolute atomic E-state index is 12.8. The van der Waals surface area contributed by atoms with E-state index in [2.05, 4.69) is 20.2 Å². The minimum Gasteiger partial charge on any atom is -0.387 e. The molecule has 2 N–H and O–H groups in total. The molecule has 0 bridgehead atoms. The second-order valence-corrected chi connectivity index (χ2v) is 8.94. The van der Waals surface area contributed by atoms with Gasteiger partial charge in [0.15, 0.2) is 0 Å². The molecule has 7 nitrogen and oxygen atoms in total. The van der Waals surface area contributed by atoms with Crippen LogP contribution in [0, 0.1) is 19.8 Å². The van der Waals surface area contributed by atoms with Gasteiger partial charge in [-0.3, -0.25) is 14.4 Å². The zero-order chi connectivity index (χ0) is 22.5. The normalized spacial score (nSPS) is 17.6. The van der Waals surface area contributed by atoms with E-state index >= 15 is 0 Å². The Balaban J connectivity index is 1.44. The summed E-state index contributed by atoms with van der Waals surface area (Å²) in [5.74, 6) is 0.567.